The highest BCUT2D eigenvalue weighted by Crippen LogP contribution is 2.06. The zero-order valence-corrected chi connectivity index (χ0v) is 4.27. The first kappa shape index (κ1) is 5.83. The van der Waals surface area contributed by atoms with E-state index in [1.807, 2.05) is 0 Å². The van der Waals surface area contributed by atoms with E-state index in [2.05, 4.69) is 14.6 Å². The third-order valence-corrected chi connectivity index (χ3v) is 0.624. The number of nitrogens with zero attached hydrogens (tertiary/aromatic N) is 1. The summed E-state index contributed by atoms with van der Waals surface area (Å²) in [5.74, 6) is -0.222. The van der Waals surface area contributed by atoms with Crippen LogP contribution in [0.3, 0.4) is 0 Å². The second kappa shape index (κ2) is 2.31. The minimum Gasteiger partial charge on any atom is -0.313 e. The lowest BCUT2D eigenvalue weighted by Gasteiger charge is -1.94. The molecule has 0 N–H and O–H groups in total. The summed E-state index contributed by atoms with van der Waals surface area (Å²) in [7, 11) is 0. The molecule has 0 aromatic heterocycles. The van der Waals surface area contributed by atoms with E-state index in [1.165, 1.54) is 6.08 Å². The average Bonchev–Trinajstić information content (AvgIpc) is 2.15. The molecule has 1 aliphatic rings. The van der Waals surface area contributed by atoms with Crippen LogP contribution in [-0.4, -0.2) is 11.7 Å². The van der Waals surface area contributed by atoms with Crippen molar-refractivity contribution in [1.82, 2.24) is 0 Å². The zero-order chi connectivity index (χ0) is 6.69. The van der Waals surface area contributed by atoms with E-state index in [9.17, 15) is 10.1 Å². The molecule has 0 fully saturated rings. The summed E-state index contributed by atoms with van der Waals surface area (Å²) >= 11 is 0. The van der Waals surface area contributed by atoms with Crippen LogP contribution < -0.4 is 0 Å². The van der Waals surface area contributed by atoms with E-state index < -0.39 is 5.09 Å². The summed E-state index contributed by atoms with van der Waals surface area (Å²) in [6.45, 7) is 0.184. The fourth-order valence-electron chi connectivity index (χ4n) is 0.354. The zero-order valence-electron chi connectivity index (χ0n) is 4.27. The standard InChI is InChI=1S/C3H3NO5/c5-4(6)8-3-1-2-7-9-3/h1H,2H2. The van der Waals surface area contributed by atoms with E-state index in [0.29, 0.717) is 0 Å². The van der Waals surface area contributed by atoms with Gasteiger partial charge >= 0.3 is 11.0 Å². The Morgan fingerprint density at radius 1 is 1.89 bits per heavy atom. The molecule has 1 aliphatic heterocycles. The Morgan fingerprint density at radius 3 is 3.11 bits per heavy atom. The molecule has 1 heterocycles. The van der Waals surface area contributed by atoms with Gasteiger partial charge in [-0.05, 0) is 0 Å². The topological polar surface area (TPSA) is 70.8 Å². The van der Waals surface area contributed by atoms with Crippen LogP contribution in [0.15, 0.2) is 12.0 Å². The van der Waals surface area contributed by atoms with E-state index in [-0.39, 0.29) is 12.6 Å². The van der Waals surface area contributed by atoms with Gasteiger partial charge in [-0.2, -0.15) is 4.89 Å². The van der Waals surface area contributed by atoms with Crippen molar-refractivity contribution < 1.29 is 19.7 Å². The first-order valence-electron chi connectivity index (χ1n) is 2.11. The molecular formula is C3H3NO5. The maximum Gasteiger partial charge on any atom is 0.312 e. The van der Waals surface area contributed by atoms with Gasteiger partial charge in [0.1, 0.15) is 6.61 Å². The molecule has 0 aromatic carbocycles. The van der Waals surface area contributed by atoms with Crippen molar-refractivity contribution in [2.75, 3.05) is 6.61 Å². The van der Waals surface area contributed by atoms with Crippen molar-refractivity contribution in [3.05, 3.63) is 22.1 Å². The summed E-state index contributed by atoms with van der Waals surface area (Å²) in [6.07, 6.45) is 1.31. The molecule has 0 saturated heterocycles. The lowest BCUT2D eigenvalue weighted by molar-refractivity contribution is -0.753. The molecule has 0 amide bonds. The second-order valence-electron chi connectivity index (χ2n) is 1.21. The van der Waals surface area contributed by atoms with Gasteiger partial charge in [-0.15, -0.1) is 10.1 Å². The average molecular weight is 133 g/mol. The van der Waals surface area contributed by atoms with Gasteiger partial charge in [0.2, 0.25) is 0 Å². The molecule has 0 aromatic rings. The molecule has 9 heavy (non-hydrogen) atoms. The SMILES string of the molecule is O=[N+]([O-])OC1=CCOO1. The molecule has 6 nitrogen and oxygen atoms in total. The Labute approximate surface area is 49.7 Å². The van der Waals surface area contributed by atoms with Crippen LogP contribution in [0.25, 0.3) is 0 Å². The molecule has 0 bridgehead atoms. The third kappa shape index (κ3) is 1.57. The van der Waals surface area contributed by atoms with E-state index in [0.717, 1.165) is 0 Å². The lowest BCUT2D eigenvalue weighted by atomic mass is 10.7. The summed E-state index contributed by atoms with van der Waals surface area (Å²) < 4.78 is 0. The highest BCUT2D eigenvalue weighted by atomic mass is 17.2. The smallest absolute Gasteiger partial charge is 0.312 e. The minimum atomic E-state index is -0.972. The molecule has 0 unspecified atom stereocenters. The number of rotatable bonds is 2. The Hall–Kier alpha value is -1.30. The Balaban J connectivity index is 2.35. The van der Waals surface area contributed by atoms with Crippen LogP contribution in [0, 0.1) is 10.1 Å². The first-order valence-corrected chi connectivity index (χ1v) is 2.11. The van der Waals surface area contributed by atoms with Crippen molar-refractivity contribution in [3.8, 4) is 0 Å². The van der Waals surface area contributed by atoms with Crippen molar-refractivity contribution in [3.63, 3.8) is 0 Å². The van der Waals surface area contributed by atoms with Gasteiger partial charge in [0.15, 0.2) is 0 Å². The summed E-state index contributed by atoms with van der Waals surface area (Å²) in [5.41, 5.74) is 0. The third-order valence-electron chi connectivity index (χ3n) is 0.624. The van der Waals surface area contributed by atoms with E-state index in [4.69, 9.17) is 0 Å². The molecule has 6 heteroatoms. The summed E-state index contributed by atoms with van der Waals surface area (Å²) in [4.78, 5) is 21.8. The lowest BCUT2D eigenvalue weighted by Crippen LogP contribution is -1.99. The van der Waals surface area contributed by atoms with Crippen molar-refractivity contribution in [2.24, 2.45) is 0 Å². The van der Waals surface area contributed by atoms with Crippen LogP contribution in [0.1, 0.15) is 0 Å². The molecule has 0 aliphatic carbocycles. The molecule has 0 spiro atoms. The second-order valence-corrected chi connectivity index (χ2v) is 1.21. The monoisotopic (exact) mass is 133 g/mol. The van der Waals surface area contributed by atoms with Crippen LogP contribution in [0.5, 0.6) is 0 Å². The number of hydrogen-bond donors (Lipinski definition) is 0. The van der Waals surface area contributed by atoms with Gasteiger partial charge < -0.3 is 4.89 Å². The molecule has 50 valence electrons. The van der Waals surface area contributed by atoms with Crippen LogP contribution >= 0.6 is 0 Å². The van der Waals surface area contributed by atoms with Gasteiger partial charge in [0.25, 0.3) is 0 Å². The fourth-order valence-corrected chi connectivity index (χ4v) is 0.354. The molecular weight excluding hydrogens is 130 g/mol. The highest BCUT2D eigenvalue weighted by Gasteiger charge is 2.10. The van der Waals surface area contributed by atoms with Crippen molar-refractivity contribution in [1.29, 1.82) is 0 Å². The van der Waals surface area contributed by atoms with Gasteiger partial charge in [-0.3, -0.25) is 0 Å². The fraction of sp³-hybridized carbons (Fsp3) is 0.333. The van der Waals surface area contributed by atoms with Crippen LogP contribution in [0.4, 0.5) is 0 Å². The Bertz CT molecular complexity index is 152. The molecule has 0 radical (unpaired) electrons. The summed E-state index contributed by atoms with van der Waals surface area (Å²) in [6, 6.07) is 0. The van der Waals surface area contributed by atoms with Crippen LogP contribution in [0.2, 0.25) is 0 Å². The van der Waals surface area contributed by atoms with Gasteiger partial charge in [-0.1, -0.05) is 0 Å². The van der Waals surface area contributed by atoms with Crippen molar-refractivity contribution in [2.45, 2.75) is 0 Å². The predicted molar refractivity (Wildman–Crippen MR) is 23.2 cm³/mol. The van der Waals surface area contributed by atoms with Gasteiger partial charge in [-0.25, -0.2) is 4.84 Å². The first-order chi connectivity index (χ1) is 4.29. The maximum atomic E-state index is 9.56. The number of hydrogen-bond acceptors (Lipinski definition) is 5. The quantitative estimate of drug-likeness (QED) is 0.301. The molecule has 1 rings (SSSR count). The maximum absolute atomic E-state index is 9.56. The van der Waals surface area contributed by atoms with Gasteiger partial charge in [0, 0.05) is 6.08 Å². The Kier molecular flexibility index (Phi) is 1.50. The summed E-state index contributed by atoms with van der Waals surface area (Å²) in [5, 5.41) is 8.59. The van der Waals surface area contributed by atoms with Crippen molar-refractivity contribution >= 4 is 0 Å². The van der Waals surface area contributed by atoms with Gasteiger partial charge in [0.05, 0.1) is 0 Å². The van der Waals surface area contributed by atoms with E-state index >= 15 is 0 Å². The minimum absolute atomic E-state index is 0.184. The normalized spacial score (nSPS) is 16.2. The Morgan fingerprint density at radius 2 is 2.67 bits per heavy atom. The molecule has 0 atom stereocenters. The predicted octanol–water partition coefficient (Wildman–Crippen LogP) is -0.00210. The van der Waals surface area contributed by atoms with E-state index in [1.54, 1.807) is 0 Å². The largest absolute Gasteiger partial charge is 0.313 e. The van der Waals surface area contributed by atoms with Crippen LogP contribution in [-0.2, 0) is 14.6 Å². The highest BCUT2D eigenvalue weighted by molar-refractivity contribution is 4.83. The molecule has 0 saturated carbocycles.